The monoisotopic (exact) mass is 321 g/mol. The van der Waals surface area contributed by atoms with E-state index in [1.54, 1.807) is 4.90 Å². The summed E-state index contributed by atoms with van der Waals surface area (Å²) >= 11 is 0. The number of amides is 2. The van der Waals surface area contributed by atoms with Gasteiger partial charge < -0.3 is 14.5 Å². The maximum atomic E-state index is 12.0. The molecule has 1 fully saturated rings. The Morgan fingerprint density at radius 1 is 1.26 bits per heavy atom. The van der Waals surface area contributed by atoms with Crippen LogP contribution in [-0.4, -0.2) is 51.3 Å². The molecule has 2 amide bonds. The first-order valence-electron chi connectivity index (χ1n) is 8.12. The molecule has 0 aliphatic carbocycles. The summed E-state index contributed by atoms with van der Waals surface area (Å²) < 4.78 is 4.47. The Morgan fingerprint density at radius 2 is 1.96 bits per heavy atom. The molecule has 23 heavy (non-hydrogen) atoms. The smallest absolute Gasteiger partial charge is 0.413 e. The van der Waals surface area contributed by atoms with Crippen LogP contribution in [0, 0.1) is 6.92 Å². The summed E-state index contributed by atoms with van der Waals surface area (Å²) in [5, 5.41) is 2.26. The van der Waals surface area contributed by atoms with Gasteiger partial charge in [-0.25, -0.2) is 4.79 Å². The van der Waals surface area contributed by atoms with Gasteiger partial charge in [0.1, 0.15) is 32.7 Å². The van der Waals surface area contributed by atoms with E-state index in [0.29, 0.717) is 0 Å². The van der Waals surface area contributed by atoms with Crippen LogP contribution in [0.5, 0.6) is 0 Å². The largest absolute Gasteiger partial charge is 0.453 e. The number of carbonyl (C=O) groups excluding carboxylic acids is 2. The van der Waals surface area contributed by atoms with Gasteiger partial charge >= 0.3 is 6.09 Å². The lowest BCUT2D eigenvalue weighted by molar-refractivity contribution is -1.02. The number of ether oxygens (including phenoxy) is 1. The average molecular weight is 321 g/mol. The molecule has 6 heteroatoms. The lowest BCUT2D eigenvalue weighted by atomic mass is 10.1. The quantitative estimate of drug-likeness (QED) is 0.636. The highest BCUT2D eigenvalue weighted by Gasteiger charge is 2.31. The fraction of sp³-hybridized carbons (Fsp3) is 0.529. The number of quaternary nitrogens is 2. The highest BCUT2D eigenvalue weighted by atomic mass is 16.5. The van der Waals surface area contributed by atoms with E-state index in [1.165, 1.54) is 23.1 Å². The van der Waals surface area contributed by atoms with Crippen LogP contribution < -0.4 is 15.1 Å². The molecule has 1 aromatic rings. The van der Waals surface area contributed by atoms with Gasteiger partial charge in [-0.1, -0.05) is 29.8 Å². The number of benzene rings is 1. The summed E-state index contributed by atoms with van der Waals surface area (Å²) in [6, 6.07) is 8.38. The first kappa shape index (κ1) is 17.4. The van der Waals surface area contributed by atoms with Gasteiger partial charge in [0.25, 0.3) is 5.91 Å². The minimum absolute atomic E-state index is 0.241. The number of hydrogen-bond donors (Lipinski definition) is 3. The molecule has 0 radical (unpaired) electrons. The van der Waals surface area contributed by atoms with Crippen molar-refractivity contribution in [1.29, 1.82) is 0 Å². The molecule has 0 bridgehead atoms. The molecule has 6 nitrogen and oxygen atoms in total. The van der Waals surface area contributed by atoms with E-state index in [0.717, 1.165) is 32.7 Å². The minimum atomic E-state index is -0.690. The molecule has 0 spiro atoms. The zero-order valence-electron chi connectivity index (χ0n) is 14.1. The summed E-state index contributed by atoms with van der Waals surface area (Å²) in [7, 11) is 1.26. The lowest BCUT2D eigenvalue weighted by Crippen LogP contribution is -3.29. The maximum Gasteiger partial charge on any atom is 0.413 e. The zero-order chi connectivity index (χ0) is 16.8. The Kier molecular flexibility index (Phi) is 6.12. The molecule has 1 saturated heterocycles. The SMILES string of the molecule is COC(=O)NC(=O)[C@H](C)[NH+]1CC[NH+](Cc2cccc(C)c2)CC1. The highest BCUT2D eigenvalue weighted by molar-refractivity contribution is 5.93. The van der Waals surface area contributed by atoms with Gasteiger partial charge in [0.05, 0.1) is 7.11 Å². The summed E-state index contributed by atoms with van der Waals surface area (Å²) in [5.74, 6) is -0.269. The Bertz CT molecular complexity index is 554. The van der Waals surface area contributed by atoms with Crippen molar-refractivity contribution in [2.75, 3.05) is 33.3 Å². The second-order valence-electron chi connectivity index (χ2n) is 6.28. The predicted octanol–water partition coefficient (Wildman–Crippen LogP) is -1.45. The molecular formula is C17H27N3O3+2. The van der Waals surface area contributed by atoms with Crippen LogP contribution in [0.15, 0.2) is 24.3 Å². The van der Waals surface area contributed by atoms with E-state index >= 15 is 0 Å². The third-order valence-electron chi connectivity index (χ3n) is 4.55. The van der Waals surface area contributed by atoms with Gasteiger partial charge in [0, 0.05) is 5.56 Å². The molecule has 1 atom stereocenters. The number of nitrogens with one attached hydrogen (secondary N) is 3. The highest BCUT2D eigenvalue weighted by Crippen LogP contribution is 2.01. The molecule has 0 aromatic heterocycles. The van der Waals surface area contributed by atoms with Crippen molar-refractivity contribution in [3.05, 3.63) is 35.4 Å². The number of alkyl carbamates (subject to hydrolysis) is 1. The predicted molar refractivity (Wildman–Crippen MR) is 86.3 cm³/mol. The molecule has 1 heterocycles. The van der Waals surface area contributed by atoms with Gasteiger partial charge in [-0.05, 0) is 13.8 Å². The normalized spacial score (nSPS) is 22.2. The molecular weight excluding hydrogens is 294 g/mol. The molecule has 0 saturated carbocycles. The fourth-order valence-corrected chi connectivity index (χ4v) is 3.09. The summed E-state index contributed by atoms with van der Waals surface area (Å²) in [6.45, 7) is 8.91. The van der Waals surface area contributed by atoms with Crippen molar-refractivity contribution in [3.8, 4) is 0 Å². The van der Waals surface area contributed by atoms with Crippen LogP contribution in [0.2, 0.25) is 0 Å². The topological polar surface area (TPSA) is 64.3 Å². The van der Waals surface area contributed by atoms with Crippen molar-refractivity contribution in [2.45, 2.75) is 26.4 Å². The van der Waals surface area contributed by atoms with Crippen LogP contribution in [0.4, 0.5) is 4.79 Å². The first-order valence-corrected chi connectivity index (χ1v) is 8.12. The van der Waals surface area contributed by atoms with Crippen LogP contribution in [-0.2, 0) is 16.1 Å². The average Bonchev–Trinajstić information content (AvgIpc) is 2.54. The van der Waals surface area contributed by atoms with E-state index < -0.39 is 6.09 Å². The second kappa shape index (κ2) is 8.08. The Balaban J connectivity index is 1.81. The van der Waals surface area contributed by atoms with Crippen LogP contribution in [0.25, 0.3) is 0 Å². The fourth-order valence-electron chi connectivity index (χ4n) is 3.09. The van der Waals surface area contributed by atoms with Crippen LogP contribution >= 0.6 is 0 Å². The summed E-state index contributed by atoms with van der Waals surface area (Å²) in [4.78, 5) is 25.9. The van der Waals surface area contributed by atoms with E-state index in [9.17, 15) is 9.59 Å². The standard InChI is InChI=1S/C17H25N3O3/c1-13-5-4-6-15(11-13)12-19-7-9-20(10-8-19)14(2)16(21)18-17(22)23-3/h4-6,11,14H,7-10,12H2,1-3H3,(H,18,21,22)/p+2/t14-/m0/s1. The zero-order valence-corrected chi connectivity index (χ0v) is 14.1. The van der Waals surface area contributed by atoms with Crippen molar-refractivity contribution in [3.63, 3.8) is 0 Å². The Hall–Kier alpha value is -1.92. The van der Waals surface area contributed by atoms with Crippen molar-refractivity contribution in [1.82, 2.24) is 5.32 Å². The third kappa shape index (κ3) is 5.04. The number of rotatable bonds is 4. The Morgan fingerprint density at radius 3 is 2.57 bits per heavy atom. The van der Waals surface area contributed by atoms with Gasteiger partial charge in [0.2, 0.25) is 0 Å². The van der Waals surface area contributed by atoms with Gasteiger partial charge in [-0.15, -0.1) is 0 Å². The Labute approximate surface area is 137 Å². The molecule has 2 rings (SSSR count). The second-order valence-corrected chi connectivity index (χ2v) is 6.28. The van der Waals surface area contributed by atoms with Crippen molar-refractivity contribution >= 4 is 12.0 Å². The number of hydrogen-bond acceptors (Lipinski definition) is 3. The molecule has 1 aliphatic heterocycles. The van der Waals surface area contributed by atoms with E-state index in [1.807, 2.05) is 6.92 Å². The van der Waals surface area contributed by atoms with Crippen LogP contribution in [0.1, 0.15) is 18.1 Å². The molecule has 0 unspecified atom stereocenters. The van der Waals surface area contributed by atoms with E-state index in [-0.39, 0.29) is 11.9 Å². The molecule has 3 N–H and O–H groups in total. The number of carbonyl (C=O) groups is 2. The summed E-state index contributed by atoms with van der Waals surface area (Å²) in [6.07, 6.45) is -0.690. The van der Waals surface area contributed by atoms with E-state index in [4.69, 9.17) is 0 Å². The number of aryl methyl sites for hydroxylation is 1. The van der Waals surface area contributed by atoms with Gasteiger partial charge in [-0.2, -0.15) is 0 Å². The summed E-state index contributed by atoms with van der Waals surface area (Å²) in [5.41, 5.74) is 2.65. The number of imide groups is 1. The molecule has 126 valence electrons. The lowest BCUT2D eigenvalue weighted by Gasteiger charge is -2.32. The van der Waals surface area contributed by atoms with Crippen LogP contribution in [0.3, 0.4) is 0 Å². The molecule has 1 aliphatic rings. The number of methoxy groups -OCH3 is 1. The minimum Gasteiger partial charge on any atom is -0.453 e. The van der Waals surface area contributed by atoms with E-state index in [2.05, 4.69) is 41.2 Å². The van der Waals surface area contributed by atoms with Crippen molar-refractivity contribution in [2.24, 2.45) is 0 Å². The number of piperazine rings is 1. The maximum absolute atomic E-state index is 12.0. The third-order valence-corrected chi connectivity index (χ3v) is 4.55. The van der Waals surface area contributed by atoms with Crippen molar-refractivity contribution < 1.29 is 24.1 Å². The molecule has 1 aromatic carbocycles. The first-order chi connectivity index (χ1) is 11.0. The van der Waals surface area contributed by atoms with Gasteiger partial charge in [0.15, 0.2) is 6.04 Å². The van der Waals surface area contributed by atoms with Gasteiger partial charge in [-0.3, -0.25) is 10.1 Å².